The van der Waals surface area contributed by atoms with E-state index < -0.39 is 0 Å². The molecule has 1 N–H and O–H groups in total. The Morgan fingerprint density at radius 3 is 2.76 bits per heavy atom. The topological polar surface area (TPSA) is 68.0 Å². The summed E-state index contributed by atoms with van der Waals surface area (Å²) in [5, 5.41) is 7.79. The van der Waals surface area contributed by atoms with Gasteiger partial charge in [-0.25, -0.2) is 18.9 Å². The molecule has 6 nitrogen and oxygen atoms in total. The van der Waals surface area contributed by atoms with Crippen LogP contribution in [-0.4, -0.2) is 24.6 Å². The van der Waals surface area contributed by atoms with Crippen LogP contribution in [0.3, 0.4) is 0 Å². The van der Waals surface area contributed by atoms with Crippen LogP contribution in [0.4, 0.5) is 15.9 Å². The maximum Gasteiger partial charge on any atom is 0.200 e. The zero-order valence-corrected chi connectivity index (χ0v) is 13.7. The van der Waals surface area contributed by atoms with E-state index >= 15 is 0 Å². The fourth-order valence-corrected chi connectivity index (χ4v) is 2.54. The highest BCUT2D eigenvalue weighted by molar-refractivity contribution is 5.75. The number of hydrogen-bond acceptors (Lipinski definition) is 5. The maximum atomic E-state index is 13.5. The van der Waals surface area contributed by atoms with Gasteiger partial charge in [0.15, 0.2) is 5.82 Å². The van der Waals surface area contributed by atoms with Crippen molar-refractivity contribution in [2.45, 2.75) is 13.8 Å². The number of nitrogens with one attached hydrogen (secondary N) is 1. The molecule has 4 aromatic rings. The summed E-state index contributed by atoms with van der Waals surface area (Å²) in [6.07, 6.45) is 5.34. The normalized spacial score (nSPS) is 11.0. The van der Waals surface area contributed by atoms with Crippen LogP contribution in [0.5, 0.6) is 0 Å². The minimum Gasteiger partial charge on any atom is -0.338 e. The quantitative estimate of drug-likeness (QED) is 0.619. The van der Waals surface area contributed by atoms with Crippen LogP contribution in [0.15, 0.2) is 48.9 Å². The molecule has 0 radical (unpaired) electrons. The highest BCUT2D eigenvalue weighted by Gasteiger charge is 2.12. The first kappa shape index (κ1) is 15.2. The standard InChI is InChI=1S/C18H15FN6/c1-11-10-20-8-7-14(11)22-18-16-4-3-9-25(16)24-17(23-18)15-6-5-13(19)12(2)21-15/h3-10H,1-2H3,(H,20,22,23,24). The second-order valence-corrected chi connectivity index (χ2v) is 5.70. The molecule has 0 aliphatic rings. The minimum absolute atomic E-state index is 0.313. The Labute approximate surface area is 143 Å². The number of anilines is 2. The lowest BCUT2D eigenvalue weighted by molar-refractivity contribution is 0.610. The number of nitrogens with zero attached hydrogens (tertiary/aromatic N) is 5. The maximum absolute atomic E-state index is 13.5. The summed E-state index contributed by atoms with van der Waals surface area (Å²) in [6, 6.07) is 8.65. The van der Waals surface area contributed by atoms with Gasteiger partial charge in [-0.3, -0.25) is 4.98 Å². The van der Waals surface area contributed by atoms with E-state index in [9.17, 15) is 4.39 Å². The summed E-state index contributed by atoms with van der Waals surface area (Å²) in [5.74, 6) is 0.714. The van der Waals surface area contributed by atoms with Crippen LogP contribution in [-0.2, 0) is 0 Å². The molecule has 0 spiro atoms. The first-order chi connectivity index (χ1) is 12.1. The van der Waals surface area contributed by atoms with E-state index in [4.69, 9.17) is 0 Å². The monoisotopic (exact) mass is 334 g/mol. The third kappa shape index (κ3) is 2.80. The van der Waals surface area contributed by atoms with E-state index in [1.54, 1.807) is 29.9 Å². The van der Waals surface area contributed by atoms with Crippen molar-refractivity contribution in [2.75, 3.05) is 5.32 Å². The van der Waals surface area contributed by atoms with Gasteiger partial charge in [-0.05, 0) is 49.7 Å². The summed E-state index contributed by atoms with van der Waals surface area (Å²) in [4.78, 5) is 12.9. The van der Waals surface area contributed by atoms with E-state index in [0.29, 0.717) is 23.0 Å². The van der Waals surface area contributed by atoms with Gasteiger partial charge in [-0.2, -0.15) is 0 Å². The second-order valence-electron chi connectivity index (χ2n) is 5.70. The van der Waals surface area contributed by atoms with Gasteiger partial charge in [0.1, 0.15) is 17.0 Å². The Morgan fingerprint density at radius 1 is 1.08 bits per heavy atom. The highest BCUT2D eigenvalue weighted by atomic mass is 19.1. The summed E-state index contributed by atoms with van der Waals surface area (Å²) in [6.45, 7) is 3.59. The van der Waals surface area contributed by atoms with Crippen LogP contribution >= 0.6 is 0 Å². The van der Waals surface area contributed by atoms with Crippen LogP contribution in [0, 0.1) is 19.7 Å². The third-order valence-corrected chi connectivity index (χ3v) is 3.91. The lowest BCUT2D eigenvalue weighted by Gasteiger charge is -2.11. The largest absolute Gasteiger partial charge is 0.338 e. The summed E-state index contributed by atoms with van der Waals surface area (Å²) < 4.78 is 15.2. The molecule has 7 heteroatoms. The Balaban J connectivity index is 1.85. The molecule has 0 aromatic carbocycles. The number of aryl methyl sites for hydroxylation is 2. The molecule has 0 fully saturated rings. The fourth-order valence-electron chi connectivity index (χ4n) is 2.54. The van der Waals surface area contributed by atoms with Gasteiger partial charge >= 0.3 is 0 Å². The lowest BCUT2D eigenvalue weighted by Crippen LogP contribution is -2.05. The molecule has 0 bridgehead atoms. The number of fused-ring (bicyclic) bond motifs is 1. The van der Waals surface area contributed by atoms with Crippen molar-refractivity contribution in [2.24, 2.45) is 0 Å². The first-order valence-electron chi connectivity index (χ1n) is 7.78. The van der Waals surface area contributed by atoms with Crippen molar-refractivity contribution in [3.05, 3.63) is 66.0 Å². The molecule has 0 aliphatic carbocycles. The average molecular weight is 334 g/mol. The van der Waals surface area contributed by atoms with Gasteiger partial charge < -0.3 is 5.32 Å². The molecule has 25 heavy (non-hydrogen) atoms. The number of hydrogen-bond donors (Lipinski definition) is 1. The van der Waals surface area contributed by atoms with Crippen molar-refractivity contribution >= 4 is 17.0 Å². The van der Waals surface area contributed by atoms with Gasteiger partial charge in [0.05, 0.1) is 5.69 Å². The summed E-state index contributed by atoms with van der Waals surface area (Å²) in [5.41, 5.74) is 3.57. The molecule has 124 valence electrons. The molecule has 0 amide bonds. The van der Waals surface area contributed by atoms with Crippen molar-refractivity contribution in [3.63, 3.8) is 0 Å². The summed E-state index contributed by atoms with van der Waals surface area (Å²) >= 11 is 0. The van der Waals surface area contributed by atoms with E-state index in [2.05, 4.69) is 25.4 Å². The molecule has 4 rings (SSSR count). The predicted octanol–water partition coefficient (Wildman–Crippen LogP) is 3.69. The van der Waals surface area contributed by atoms with Crippen molar-refractivity contribution in [1.82, 2.24) is 24.6 Å². The fraction of sp³-hybridized carbons (Fsp3) is 0.111. The molecule has 0 saturated carbocycles. The van der Waals surface area contributed by atoms with Crippen LogP contribution in [0.1, 0.15) is 11.3 Å². The van der Waals surface area contributed by atoms with Gasteiger partial charge in [0, 0.05) is 24.3 Å². The Hall–Kier alpha value is -3.35. The van der Waals surface area contributed by atoms with Crippen molar-refractivity contribution in [1.29, 1.82) is 0 Å². The molecule has 0 atom stereocenters. The molecule has 4 heterocycles. The lowest BCUT2D eigenvalue weighted by atomic mass is 10.2. The molecule has 4 aromatic heterocycles. The van der Waals surface area contributed by atoms with Crippen LogP contribution in [0.25, 0.3) is 17.0 Å². The van der Waals surface area contributed by atoms with E-state index in [-0.39, 0.29) is 5.82 Å². The first-order valence-corrected chi connectivity index (χ1v) is 7.78. The molecule has 0 saturated heterocycles. The van der Waals surface area contributed by atoms with E-state index in [0.717, 1.165) is 16.8 Å². The van der Waals surface area contributed by atoms with Gasteiger partial charge in [-0.1, -0.05) is 0 Å². The van der Waals surface area contributed by atoms with Crippen LogP contribution < -0.4 is 5.32 Å². The van der Waals surface area contributed by atoms with Crippen molar-refractivity contribution in [3.8, 4) is 11.5 Å². The molecule has 0 unspecified atom stereocenters. The van der Waals surface area contributed by atoms with Crippen LogP contribution in [0.2, 0.25) is 0 Å². The highest BCUT2D eigenvalue weighted by Crippen LogP contribution is 2.24. The number of pyridine rings is 2. The SMILES string of the molecule is Cc1cnccc1Nc1nc(-c2ccc(F)c(C)n2)nn2cccc12. The smallest absolute Gasteiger partial charge is 0.200 e. The van der Waals surface area contributed by atoms with E-state index in [1.165, 1.54) is 6.07 Å². The summed E-state index contributed by atoms with van der Waals surface area (Å²) in [7, 11) is 0. The van der Waals surface area contributed by atoms with Gasteiger partial charge in [-0.15, -0.1) is 5.10 Å². The third-order valence-electron chi connectivity index (χ3n) is 3.91. The zero-order valence-electron chi connectivity index (χ0n) is 13.7. The van der Waals surface area contributed by atoms with Crippen molar-refractivity contribution < 1.29 is 4.39 Å². The molecule has 0 aliphatic heterocycles. The second kappa shape index (κ2) is 5.94. The minimum atomic E-state index is -0.350. The van der Waals surface area contributed by atoms with Gasteiger partial charge in [0.25, 0.3) is 0 Å². The van der Waals surface area contributed by atoms with E-state index in [1.807, 2.05) is 31.3 Å². The van der Waals surface area contributed by atoms with Gasteiger partial charge in [0.2, 0.25) is 5.82 Å². The molecular formula is C18H15FN6. The number of aromatic nitrogens is 5. The zero-order chi connectivity index (χ0) is 17.4. The number of rotatable bonds is 3. The Kier molecular flexibility index (Phi) is 3.61. The Morgan fingerprint density at radius 2 is 1.96 bits per heavy atom. The predicted molar refractivity (Wildman–Crippen MR) is 93.2 cm³/mol. The Bertz CT molecular complexity index is 1070. The number of halogens is 1. The molecular weight excluding hydrogens is 319 g/mol. The average Bonchev–Trinajstić information content (AvgIpc) is 3.08.